The first-order valence-corrected chi connectivity index (χ1v) is 9.82. The summed E-state index contributed by atoms with van der Waals surface area (Å²) in [4.78, 5) is 24.7. The first kappa shape index (κ1) is 19.9. The van der Waals surface area contributed by atoms with Gasteiger partial charge >= 0.3 is 11.8 Å². The number of methoxy groups -OCH3 is 1. The van der Waals surface area contributed by atoms with E-state index in [1.54, 1.807) is 7.11 Å². The molecule has 0 radical (unpaired) electrons. The van der Waals surface area contributed by atoms with Gasteiger partial charge in [0.1, 0.15) is 5.75 Å². The van der Waals surface area contributed by atoms with E-state index in [1.165, 1.54) is 5.56 Å². The smallest absolute Gasteiger partial charge is 0.309 e. The Hall–Kier alpha value is -2.82. The highest BCUT2D eigenvalue weighted by Crippen LogP contribution is 2.41. The van der Waals surface area contributed by atoms with Crippen LogP contribution < -0.4 is 15.4 Å². The van der Waals surface area contributed by atoms with E-state index in [4.69, 9.17) is 4.74 Å². The molecule has 1 fully saturated rings. The Morgan fingerprint density at radius 1 is 1.00 bits per heavy atom. The summed E-state index contributed by atoms with van der Waals surface area (Å²) in [5, 5.41) is 5.64. The van der Waals surface area contributed by atoms with Gasteiger partial charge in [0.15, 0.2) is 0 Å². The van der Waals surface area contributed by atoms with Crippen LogP contribution in [0.15, 0.2) is 54.6 Å². The molecule has 0 spiro atoms. The van der Waals surface area contributed by atoms with E-state index < -0.39 is 11.8 Å². The molecule has 5 heteroatoms. The molecule has 1 saturated carbocycles. The van der Waals surface area contributed by atoms with Gasteiger partial charge in [-0.2, -0.15) is 0 Å². The predicted octanol–water partition coefficient (Wildman–Crippen LogP) is 3.50. The summed E-state index contributed by atoms with van der Waals surface area (Å²) in [5.41, 5.74) is 2.03. The largest absolute Gasteiger partial charge is 0.497 e. The minimum absolute atomic E-state index is 0.118. The Balaban J connectivity index is 1.61. The van der Waals surface area contributed by atoms with E-state index in [0.717, 1.165) is 37.0 Å². The number of benzene rings is 2. The molecule has 1 aliphatic rings. The average molecular weight is 380 g/mol. The molecular formula is C23H28N2O3. The van der Waals surface area contributed by atoms with Crippen LogP contribution in [0.4, 0.5) is 0 Å². The first-order valence-electron chi connectivity index (χ1n) is 9.82. The molecule has 2 aromatic carbocycles. The lowest BCUT2D eigenvalue weighted by Gasteiger charge is -2.30. The Labute approximate surface area is 166 Å². The highest BCUT2D eigenvalue weighted by Gasteiger charge is 2.36. The molecule has 2 amide bonds. The number of amides is 2. The van der Waals surface area contributed by atoms with Crippen LogP contribution in [-0.4, -0.2) is 25.5 Å². The summed E-state index contributed by atoms with van der Waals surface area (Å²) < 4.78 is 5.25. The van der Waals surface area contributed by atoms with Crippen LogP contribution in [0.25, 0.3) is 0 Å². The Morgan fingerprint density at radius 3 is 2.25 bits per heavy atom. The van der Waals surface area contributed by atoms with Crippen LogP contribution in [0.3, 0.4) is 0 Å². The maximum Gasteiger partial charge on any atom is 0.309 e. The van der Waals surface area contributed by atoms with Gasteiger partial charge in [-0.1, -0.05) is 55.3 Å². The highest BCUT2D eigenvalue weighted by molar-refractivity contribution is 6.35. The Bertz CT molecular complexity index is 796. The monoisotopic (exact) mass is 380 g/mol. The fourth-order valence-electron chi connectivity index (χ4n) is 3.98. The van der Waals surface area contributed by atoms with Crippen LogP contribution in [0, 0.1) is 0 Å². The van der Waals surface area contributed by atoms with Gasteiger partial charge in [-0.15, -0.1) is 0 Å². The summed E-state index contributed by atoms with van der Waals surface area (Å²) in [6.45, 7) is 2.33. The van der Waals surface area contributed by atoms with Gasteiger partial charge < -0.3 is 15.4 Å². The SMILES string of the molecule is COc1ccc(C2(CNC(=O)C(=O)NC(C)c3ccccc3)CCCC2)cc1. The van der Waals surface area contributed by atoms with Crippen LogP contribution in [0.1, 0.15) is 49.8 Å². The third-order valence-corrected chi connectivity index (χ3v) is 5.70. The highest BCUT2D eigenvalue weighted by atomic mass is 16.5. The van der Waals surface area contributed by atoms with E-state index in [9.17, 15) is 9.59 Å². The summed E-state index contributed by atoms with van der Waals surface area (Å²) in [5.74, 6) is -0.364. The van der Waals surface area contributed by atoms with Gasteiger partial charge in [0.25, 0.3) is 0 Å². The van der Waals surface area contributed by atoms with Gasteiger partial charge in [-0.05, 0) is 43.0 Å². The van der Waals surface area contributed by atoms with Crippen molar-refractivity contribution < 1.29 is 14.3 Å². The maximum atomic E-state index is 12.4. The molecule has 1 aliphatic carbocycles. The number of carbonyl (C=O) groups excluding carboxylic acids is 2. The van der Waals surface area contributed by atoms with Crippen molar-refractivity contribution in [1.82, 2.24) is 10.6 Å². The Morgan fingerprint density at radius 2 is 1.64 bits per heavy atom. The van der Waals surface area contributed by atoms with Crippen molar-refractivity contribution in [2.75, 3.05) is 13.7 Å². The lowest BCUT2D eigenvalue weighted by molar-refractivity contribution is -0.139. The van der Waals surface area contributed by atoms with Crippen LogP contribution in [-0.2, 0) is 15.0 Å². The predicted molar refractivity (Wildman–Crippen MR) is 109 cm³/mol. The van der Waals surface area contributed by atoms with E-state index in [2.05, 4.69) is 22.8 Å². The van der Waals surface area contributed by atoms with Crippen LogP contribution in [0.5, 0.6) is 5.75 Å². The third kappa shape index (κ3) is 4.53. The molecule has 2 N–H and O–H groups in total. The summed E-state index contributed by atoms with van der Waals surface area (Å²) >= 11 is 0. The molecule has 0 bridgehead atoms. The third-order valence-electron chi connectivity index (χ3n) is 5.70. The lowest BCUT2D eigenvalue weighted by atomic mass is 9.78. The standard InChI is InChI=1S/C23H28N2O3/c1-17(18-8-4-3-5-9-18)25-22(27)21(26)24-16-23(14-6-7-15-23)19-10-12-20(28-2)13-11-19/h3-5,8-13,17H,6-7,14-16H2,1-2H3,(H,24,26)(H,25,27). The fraction of sp³-hybridized carbons (Fsp3) is 0.391. The molecule has 3 rings (SSSR count). The second-order valence-electron chi connectivity index (χ2n) is 7.50. The molecule has 28 heavy (non-hydrogen) atoms. The van der Waals surface area contributed by atoms with Crippen LogP contribution >= 0.6 is 0 Å². The van der Waals surface area contributed by atoms with E-state index >= 15 is 0 Å². The maximum absolute atomic E-state index is 12.4. The average Bonchev–Trinajstić information content (AvgIpc) is 3.22. The summed E-state index contributed by atoms with van der Waals surface area (Å²) in [7, 11) is 1.65. The molecule has 5 nitrogen and oxygen atoms in total. The number of nitrogens with one attached hydrogen (secondary N) is 2. The molecule has 0 aromatic heterocycles. The zero-order valence-corrected chi connectivity index (χ0v) is 16.5. The molecule has 1 unspecified atom stereocenters. The van der Waals surface area contributed by atoms with Crippen molar-refractivity contribution in [3.8, 4) is 5.75 Å². The number of rotatable bonds is 6. The number of carbonyl (C=O) groups is 2. The topological polar surface area (TPSA) is 67.4 Å². The number of ether oxygens (including phenoxy) is 1. The lowest BCUT2D eigenvalue weighted by Crippen LogP contribution is -2.46. The Kier molecular flexibility index (Phi) is 6.34. The van der Waals surface area contributed by atoms with E-state index in [0.29, 0.717) is 6.54 Å². The molecule has 148 valence electrons. The van der Waals surface area contributed by atoms with Crippen LogP contribution in [0.2, 0.25) is 0 Å². The second kappa shape index (κ2) is 8.91. The van der Waals surface area contributed by atoms with E-state index in [1.807, 2.05) is 49.4 Å². The minimum atomic E-state index is -0.598. The molecule has 2 aromatic rings. The summed E-state index contributed by atoms with van der Waals surface area (Å²) in [6, 6.07) is 17.4. The second-order valence-corrected chi connectivity index (χ2v) is 7.50. The quantitative estimate of drug-likeness (QED) is 0.754. The normalized spacial score (nSPS) is 16.2. The van der Waals surface area contributed by atoms with Crippen molar-refractivity contribution in [3.63, 3.8) is 0 Å². The molecular weight excluding hydrogens is 352 g/mol. The zero-order valence-electron chi connectivity index (χ0n) is 16.5. The fourth-order valence-corrected chi connectivity index (χ4v) is 3.98. The van der Waals surface area contributed by atoms with Gasteiger partial charge in [0.2, 0.25) is 0 Å². The van der Waals surface area contributed by atoms with Gasteiger partial charge in [-0.3, -0.25) is 9.59 Å². The zero-order chi connectivity index (χ0) is 20.0. The van der Waals surface area contributed by atoms with Crippen molar-refractivity contribution in [2.24, 2.45) is 0 Å². The van der Waals surface area contributed by atoms with Crippen molar-refractivity contribution in [1.29, 1.82) is 0 Å². The van der Waals surface area contributed by atoms with Gasteiger partial charge in [0, 0.05) is 12.0 Å². The molecule has 0 heterocycles. The van der Waals surface area contributed by atoms with Gasteiger partial charge in [-0.25, -0.2) is 0 Å². The molecule has 0 aliphatic heterocycles. The van der Waals surface area contributed by atoms with Crippen molar-refractivity contribution >= 4 is 11.8 Å². The minimum Gasteiger partial charge on any atom is -0.497 e. The van der Waals surface area contributed by atoms with Gasteiger partial charge in [0.05, 0.1) is 13.2 Å². The van der Waals surface area contributed by atoms with E-state index in [-0.39, 0.29) is 11.5 Å². The first-order chi connectivity index (χ1) is 13.5. The van der Waals surface area contributed by atoms with Crippen molar-refractivity contribution in [3.05, 3.63) is 65.7 Å². The number of hydrogen-bond acceptors (Lipinski definition) is 3. The number of hydrogen-bond donors (Lipinski definition) is 2. The molecule has 1 atom stereocenters. The van der Waals surface area contributed by atoms with Crippen molar-refractivity contribution in [2.45, 2.75) is 44.1 Å². The molecule has 0 saturated heterocycles. The summed E-state index contributed by atoms with van der Waals surface area (Å²) in [6.07, 6.45) is 4.25.